The first kappa shape index (κ1) is 21.3. The van der Waals surface area contributed by atoms with Crippen LogP contribution in [0.2, 0.25) is 0 Å². The highest BCUT2D eigenvalue weighted by Gasteiger charge is 2.53. The summed E-state index contributed by atoms with van der Waals surface area (Å²) in [7, 11) is 2.98. The lowest BCUT2D eigenvalue weighted by Crippen LogP contribution is -2.42. The van der Waals surface area contributed by atoms with Gasteiger partial charge in [0.25, 0.3) is 0 Å². The van der Waals surface area contributed by atoms with Crippen molar-refractivity contribution in [1.29, 1.82) is 0 Å². The number of halogens is 1. The van der Waals surface area contributed by atoms with E-state index in [4.69, 9.17) is 0 Å². The maximum absolute atomic E-state index is 14.6. The monoisotopic (exact) mass is 457 g/mol. The van der Waals surface area contributed by atoms with Gasteiger partial charge < -0.3 is 4.90 Å². The molecule has 0 N–H and O–H groups in total. The van der Waals surface area contributed by atoms with Crippen molar-refractivity contribution < 1.29 is 18.8 Å². The standard InChI is InChI=1S/C22H20FN3O3S2/c1-25(12-14-13-31-20(24-14)17-8-5-9-30-17)18(27)10-22(11-19(28)26(2)21(22)29)15-6-3-4-7-16(15)23/h3-9,13H,10-12H2,1-2H3/t22-/m0/s1. The van der Waals surface area contributed by atoms with Crippen LogP contribution in [-0.2, 0) is 26.3 Å². The second-order valence-electron chi connectivity index (χ2n) is 7.54. The lowest BCUT2D eigenvalue weighted by Gasteiger charge is -2.28. The smallest absolute Gasteiger partial charge is 0.240 e. The normalized spacial score (nSPS) is 18.6. The van der Waals surface area contributed by atoms with Gasteiger partial charge in [0.15, 0.2) is 0 Å². The van der Waals surface area contributed by atoms with Gasteiger partial charge in [-0.3, -0.25) is 19.3 Å². The first-order chi connectivity index (χ1) is 14.8. The van der Waals surface area contributed by atoms with Gasteiger partial charge in [-0.2, -0.15) is 0 Å². The maximum atomic E-state index is 14.6. The minimum atomic E-state index is -1.53. The molecular formula is C22H20FN3O3S2. The molecule has 0 saturated carbocycles. The van der Waals surface area contributed by atoms with Crippen LogP contribution < -0.4 is 0 Å². The summed E-state index contributed by atoms with van der Waals surface area (Å²) in [6, 6.07) is 9.77. The largest absolute Gasteiger partial charge is 0.340 e. The van der Waals surface area contributed by atoms with Crippen molar-refractivity contribution in [2.24, 2.45) is 0 Å². The fourth-order valence-electron chi connectivity index (χ4n) is 3.80. The average molecular weight is 458 g/mol. The van der Waals surface area contributed by atoms with Gasteiger partial charge >= 0.3 is 0 Å². The number of likely N-dealkylation sites (tertiary alicyclic amines) is 1. The zero-order chi connectivity index (χ0) is 22.2. The van der Waals surface area contributed by atoms with Crippen molar-refractivity contribution in [3.05, 3.63) is 64.2 Å². The molecule has 6 nitrogen and oxygen atoms in total. The minimum absolute atomic E-state index is 0.0769. The summed E-state index contributed by atoms with van der Waals surface area (Å²) in [5.74, 6) is -1.94. The molecule has 1 saturated heterocycles. The van der Waals surface area contributed by atoms with Crippen LogP contribution in [0.1, 0.15) is 24.1 Å². The highest BCUT2D eigenvalue weighted by Crippen LogP contribution is 2.41. The number of amides is 3. The van der Waals surface area contributed by atoms with Crippen molar-refractivity contribution in [3.8, 4) is 9.88 Å². The summed E-state index contributed by atoms with van der Waals surface area (Å²) in [6.07, 6.45) is -0.524. The number of carbonyl (C=O) groups is 3. The predicted molar refractivity (Wildman–Crippen MR) is 117 cm³/mol. The molecule has 160 valence electrons. The number of imide groups is 1. The molecule has 1 aliphatic heterocycles. The van der Waals surface area contributed by atoms with Crippen molar-refractivity contribution in [1.82, 2.24) is 14.8 Å². The zero-order valence-electron chi connectivity index (χ0n) is 17.0. The molecule has 0 radical (unpaired) electrons. The first-order valence-electron chi connectivity index (χ1n) is 9.60. The number of rotatable bonds is 6. The maximum Gasteiger partial charge on any atom is 0.240 e. The Balaban J connectivity index is 1.56. The minimum Gasteiger partial charge on any atom is -0.340 e. The lowest BCUT2D eigenvalue weighted by molar-refractivity contribution is -0.141. The van der Waals surface area contributed by atoms with E-state index in [-0.39, 0.29) is 30.9 Å². The van der Waals surface area contributed by atoms with Gasteiger partial charge in [-0.05, 0) is 17.5 Å². The van der Waals surface area contributed by atoms with E-state index in [0.29, 0.717) is 0 Å². The summed E-state index contributed by atoms with van der Waals surface area (Å²) in [5.41, 5.74) is -0.726. The third-order valence-corrected chi connectivity index (χ3v) is 7.42. The molecule has 3 heterocycles. The van der Waals surface area contributed by atoms with E-state index < -0.39 is 23.0 Å². The fraction of sp³-hybridized carbons (Fsp3) is 0.273. The van der Waals surface area contributed by atoms with Crippen molar-refractivity contribution >= 4 is 40.4 Å². The molecular weight excluding hydrogens is 437 g/mol. The van der Waals surface area contributed by atoms with E-state index in [1.165, 1.54) is 41.5 Å². The SMILES string of the molecule is CN(Cc1csc(-c2cccs2)n1)C(=O)C[C@@]1(c2ccccc2F)CC(=O)N(C)C1=O. The number of benzene rings is 1. The van der Waals surface area contributed by atoms with Crippen molar-refractivity contribution in [2.45, 2.75) is 24.8 Å². The molecule has 1 fully saturated rings. The number of thiophene rings is 1. The van der Waals surface area contributed by atoms with Crippen LogP contribution in [0.25, 0.3) is 9.88 Å². The summed E-state index contributed by atoms with van der Waals surface area (Å²) < 4.78 is 14.6. The molecule has 4 rings (SSSR count). The third kappa shape index (κ3) is 3.90. The molecule has 1 aliphatic rings. The lowest BCUT2D eigenvalue weighted by atomic mass is 9.75. The number of carbonyl (C=O) groups excluding carboxylic acids is 3. The molecule has 2 aromatic heterocycles. The Morgan fingerprint density at radius 2 is 2.00 bits per heavy atom. The number of hydrogen-bond acceptors (Lipinski definition) is 6. The first-order valence-corrected chi connectivity index (χ1v) is 11.4. The van der Waals surface area contributed by atoms with E-state index in [9.17, 15) is 18.8 Å². The molecule has 3 aromatic rings. The summed E-state index contributed by atoms with van der Waals surface area (Å²) >= 11 is 3.09. The Bertz CT molecular complexity index is 1140. The van der Waals surface area contributed by atoms with Crippen LogP contribution in [0.4, 0.5) is 4.39 Å². The van der Waals surface area contributed by atoms with Crippen LogP contribution in [0.15, 0.2) is 47.2 Å². The second kappa shape index (κ2) is 8.32. The summed E-state index contributed by atoms with van der Waals surface area (Å²) in [5, 5.41) is 4.75. The van der Waals surface area contributed by atoms with E-state index in [2.05, 4.69) is 4.98 Å². The highest BCUT2D eigenvalue weighted by molar-refractivity contribution is 7.20. The molecule has 0 aliphatic carbocycles. The van der Waals surface area contributed by atoms with Gasteiger partial charge in [0, 0.05) is 37.9 Å². The highest BCUT2D eigenvalue weighted by atomic mass is 32.1. The van der Waals surface area contributed by atoms with Crippen molar-refractivity contribution in [2.75, 3.05) is 14.1 Å². The Morgan fingerprint density at radius 3 is 2.65 bits per heavy atom. The predicted octanol–water partition coefficient (Wildman–Crippen LogP) is 3.69. The molecule has 3 amide bonds. The van der Waals surface area contributed by atoms with Gasteiger partial charge in [-0.25, -0.2) is 9.37 Å². The van der Waals surface area contributed by atoms with Gasteiger partial charge in [-0.15, -0.1) is 22.7 Å². The number of likely N-dealkylation sites (N-methyl/N-ethyl adjacent to an activating group) is 1. The zero-order valence-corrected chi connectivity index (χ0v) is 18.6. The van der Waals surface area contributed by atoms with Gasteiger partial charge in [-0.1, -0.05) is 24.3 Å². The Morgan fingerprint density at radius 1 is 1.23 bits per heavy atom. The second-order valence-corrected chi connectivity index (χ2v) is 9.35. The molecule has 9 heteroatoms. The van der Waals surface area contributed by atoms with Crippen LogP contribution in [-0.4, -0.2) is 46.6 Å². The summed E-state index contributed by atoms with van der Waals surface area (Å²) in [6.45, 7) is 0.256. The van der Waals surface area contributed by atoms with Crippen LogP contribution in [0.3, 0.4) is 0 Å². The molecule has 0 unspecified atom stereocenters. The van der Waals surface area contributed by atoms with Crippen molar-refractivity contribution in [3.63, 3.8) is 0 Å². The quantitative estimate of drug-likeness (QED) is 0.530. The Labute approximate surface area is 186 Å². The molecule has 1 atom stereocenters. The summed E-state index contributed by atoms with van der Waals surface area (Å²) in [4.78, 5) is 46.5. The Kier molecular flexibility index (Phi) is 5.72. The molecule has 0 bridgehead atoms. The van der Waals surface area contributed by atoms with E-state index in [1.54, 1.807) is 24.5 Å². The molecule has 0 spiro atoms. The average Bonchev–Trinajstić information content (AvgIpc) is 3.47. The topological polar surface area (TPSA) is 70.6 Å². The Hall–Kier alpha value is -2.91. The molecule has 1 aromatic carbocycles. The van der Waals surface area contributed by atoms with E-state index in [0.717, 1.165) is 20.5 Å². The van der Waals surface area contributed by atoms with Gasteiger partial charge in [0.2, 0.25) is 17.7 Å². The van der Waals surface area contributed by atoms with Crippen LogP contribution in [0, 0.1) is 5.82 Å². The number of thiazole rings is 1. The fourth-order valence-corrected chi connectivity index (χ4v) is 5.42. The number of aromatic nitrogens is 1. The molecule has 31 heavy (non-hydrogen) atoms. The van der Waals surface area contributed by atoms with Gasteiger partial charge in [0.05, 0.1) is 22.5 Å². The number of hydrogen-bond donors (Lipinski definition) is 0. The number of nitrogens with zero attached hydrogens (tertiary/aromatic N) is 3. The van der Waals surface area contributed by atoms with Crippen LogP contribution in [0.5, 0.6) is 0 Å². The third-order valence-electron chi connectivity index (χ3n) is 5.49. The van der Waals surface area contributed by atoms with Gasteiger partial charge in [0.1, 0.15) is 10.8 Å². The van der Waals surface area contributed by atoms with E-state index in [1.807, 2.05) is 22.9 Å². The van der Waals surface area contributed by atoms with Crippen LogP contribution >= 0.6 is 22.7 Å². The van der Waals surface area contributed by atoms with E-state index >= 15 is 0 Å².